The van der Waals surface area contributed by atoms with E-state index in [1.165, 1.54) is 11.3 Å². The van der Waals surface area contributed by atoms with Crippen molar-refractivity contribution in [2.45, 2.75) is 18.9 Å². The fraction of sp³-hybridized carbons (Fsp3) is 0.214. The van der Waals surface area contributed by atoms with Crippen molar-refractivity contribution in [2.75, 3.05) is 30.3 Å². The summed E-state index contributed by atoms with van der Waals surface area (Å²) < 4.78 is 5.56. The van der Waals surface area contributed by atoms with Crippen molar-refractivity contribution in [3.05, 3.63) is 102 Å². The fourth-order valence-corrected chi connectivity index (χ4v) is 4.21. The highest BCUT2D eigenvalue weighted by atomic mass is 32.1. The molecule has 1 heterocycles. The lowest BCUT2D eigenvalue weighted by molar-refractivity contribution is -0.115. The predicted octanol–water partition coefficient (Wildman–Crippen LogP) is 4.64. The molecule has 1 unspecified atom stereocenters. The first-order valence-electron chi connectivity index (χ1n) is 11.9. The van der Waals surface area contributed by atoms with E-state index in [1.807, 2.05) is 90.3 Å². The smallest absolute Gasteiger partial charge is 0.230 e. The van der Waals surface area contributed by atoms with Gasteiger partial charge in [0.25, 0.3) is 0 Å². The van der Waals surface area contributed by atoms with Gasteiger partial charge in [0.1, 0.15) is 18.5 Å². The van der Waals surface area contributed by atoms with Crippen molar-refractivity contribution in [3.63, 3.8) is 0 Å². The normalized spacial score (nSPS) is 11.6. The van der Waals surface area contributed by atoms with Gasteiger partial charge in [-0.3, -0.25) is 4.79 Å². The van der Waals surface area contributed by atoms with Gasteiger partial charge in [0.2, 0.25) is 5.91 Å². The molecule has 3 aromatic carbocycles. The highest BCUT2D eigenvalue weighted by molar-refractivity contribution is 7.13. The van der Waals surface area contributed by atoms with Crippen LogP contribution in [0.4, 0.5) is 16.5 Å². The summed E-state index contributed by atoms with van der Waals surface area (Å²) in [6.07, 6.45) is 0.455. The van der Waals surface area contributed by atoms with Crippen LogP contribution in [0, 0.1) is 0 Å². The predicted molar refractivity (Wildman–Crippen MR) is 145 cm³/mol. The number of carbonyl (C=O) groups excluding carboxylic acids is 1. The molecule has 7 nitrogen and oxygen atoms in total. The summed E-state index contributed by atoms with van der Waals surface area (Å²) in [6, 6.07) is 27.1. The van der Waals surface area contributed by atoms with Crippen molar-refractivity contribution in [2.24, 2.45) is 0 Å². The van der Waals surface area contributed by atoms with Crippen molar-refractivity contribution in [3.8, 4) is 5.75 Å². The van der Waals surface area contributed by atoms with Crippen LogP contribution in [0.25, 0.3) is 0 Å². The molecule has 4 aromatic rings. The Bertz CT molecular complexity index is 1200. The average Bonchev–Trinajstić information content (AvgIpc) is 3.33. The summed E-state index contributed by atoms with van der Waals surface area (Å²) in [5.41, 5.74) is 3.59. The maximum absolute atomic E-state index is 12.4. The minimum Gasteiger partial charge on any atom is -0.491 e. The van der Waals surface area contributed by atoms with E-state index >= 15 is 0 Å². The Morgan fingerprint density at radius 2 is 1.67 bits per heavy atom. The van der Waals surface area contributed by atoms with Crippen LogP contribution in [0.1, 0.15) is 11.3 Å². The number of aromatic nitrogens is 1. The maximum Gasteiger partial charge on any atom is 0.230 e. The van der Waals surface area contributed by atoms with Gasteiger partial charge in [-0.15, -0.1) is 11.3 Å². The van der Waals surface area contributed by atoms with Gasteiger partial charge >= 0.3 is 0 Å². The molecule has 0 aliphatic heterocycles. The van der Waals surface area contributed by atoms with Crippen LogP contribution in [-0.4, -0.2) is 41.8 Å². The van der Waals surface area contributed by atoms with Gasteiger partial charge < -0.3 is 25.8 Å². The molecule has 4 N–H and O–H groups in total. The second-order valence-electron chi connectivity index (χ2n) is 8.29. The summed E-state index contributed by atoms with van der Waals surface area (Å²) in [6.45, 7) is 1.44. The third-order valence-electron chi connectivity index (χ3n) is 5.31. The number of nitrogens with zero attached hydrogens (tertiary/aromatic N) is 1. The largest absolute Gasteiger partial charge is 0.491 e. The number of hydrogen-bond donors (Lipinski definition) is 4. The average molecular weight is 503 g/mol. The summed E-state index contributed by atoms with van der Waals surface area (Å²) >= 11 is 1.48. The molecule has 8 heteroatoms. The number of para-hydroxylation sites is 2. The van der Waals surface area contributed by atoms with E-state index in [1.54, 1.807) is 0 Å². The molecule has 0 aliphatic carbocycles. The molecule has 1 amide bonds. The Balaban J connectivity index is 1.13. The number of hydrogen-bond acceptors (Lipinski definition) is 7. The Morgan fingerprint density at radius 1 is 0.944 bits per heavy atom. The first-order valence-corrected chi connectivity index (χ1v) is 12.7. The van der Waals surface area contributed by atoms with Crippen LogP contribution in [0.15, 0.2) is 90.3 Å². The lowest BCUT2D eigenvalue weighted by Gasteiger charge is -2.13. The van der Waals surface area contributed by atoms with Crippen LogP contribution in [0.2, 0.25) is 0 Å². The van der Waals surface area contributed by atoms with Gasteiger partial charge in [0.15, 0.2) is 5.13 Å². The minimum absolute atomic E-state index is 0.104. The zero-order valence-electron chi connectivity index (χ0n) is 19.9. The number of aliphatic hydroxyl groups is 1. The third kappa shape index (κ3) is 8.49. The molecule has 0 saturated heterocycles. The molecule has 0 bridgehead atoms. The Morgan fingerprint density at radius 3 is 2.42 bits per heavy atom. The number of carbonyl (C=O) groups is 1. The van der Waals surface area contributed by atoms with E-state index in [4.69, 9.17) is 4.74 Å². The van der Waals surface area contributed by atoms with Crippen LogP contribution in [-0.2, 0) is 17.6 Å². The number of benzene rings is 3. The number of thiazole rings is 1. The van der Waals surface area contributed by atoms with Gasteiger partial charge in [-0.25, -0.2) is 4.98 Å². The van der Waals surface area contributed by atoms with Crippen LogP contribution < -0.4 is 20.7 Å². The maximum atomic E-state index is 12.4. The minimum atomic E-state index is -0.578. The molecule has 0 spiro atoms. The van der Waals surface area contributed by atoms with E-state index in [0.717, 1.165) is 46.5 Å². The second-order valence-corrected chi connectivity index (χ2v) is 9.15. The molecule has 4 rings (SSSR count). The van der Waals surface area contributed by atoms with Crippen LogP contribution in [0.3, 0.4) is 0 Å². The molecule has 0 fully saturated rings. The molecule has 36 heavy (non-hydrogen) atoms. The first kappa shape index (κ1) is 25.4. The van der Waals surface area contributed by atoms with Gasteiger partial charge in [-0.05, 0) is 54.9 Å². The standard InChI is InChI=1S/C28H30N4O3S/c33-25(19-35-26-9-5-2-6-10-26)18-29-16-15-21-11-13-23(14-12-21)30-27(34)17-24-20-36-28(32-24)31-22-7-3-1-4-8-22/h1-14,20,25,29,33H,15-19H2,(H,30,34)(H,31,32). The summed E-state index contributed by atoms with van der Waals surface area (Å²) in [7, 11) is 0. The van der Waals surface area contributed by atoms with Crippen molar-refractivity contribution < 1.29 is 14.6 Å². The summed E-state index contributed by atoms with van der Waals surface area (Å²) in [4.78, 5) is 16.9. The Kier molecular flexibility index (Phi) is 9.44. The van der Waals surface area contributed by atoms with Gasteiger partial charge in [-0.1, -0.05) is 48.5 Å². The summed E-state index contributed by atoms with van der Waals surface area (Å²) in [5, 5.41) is 22.1. The third-order valence-corrected chi connectivity index (χ3v) is 6.12. The van der Waals surface area contributed by atoms with E-state index in [9.17, 15) is 9.90 Å². The SMILES string of the molecule is O=C(Cc1csc(Nc2ccccc2)n1)Nc1ccc(CCNCC(O)COc2ccccc2)cc1. The van der Waals surface area contributed by atoms with E-state index in [0.29, 0.717) is 6.54 Å². The molecule has 0 aliphatic rings. The van der Waals surface area contributed by atoms with Crippen LogP contribution >= 0.6 is 11.3 Å². The van der Waals surface area contributed by atoms with Gasteiger partial charge in [-0.2, -0.15) is 0 Å². The lowest BCUT2D eigenvalue weighted by atomic mass is 10.1. The van der Waals surface area contributed by atoms with Crippen molar-refractivity contribution >= 4 is 33.8 Å². The molecule has 186 valence electrons. The molecular formula is C28H30N4O3S. The van der Waals surface area contributed by atoms with Crippen molar-refractivity contribution in [1.82, 2.24) is 10.3 Å². The quantitative estimate of drug-likeness (QED) is 0.199. The number of ether oxygens (including phenoxy) is 1. The topological polar surface area (TPSA) is 95.5 Å². The number of anilines is 3. The lowest BCUT2D eigenvalue weighted by Crippen LogP contribution is -2.32. The van der Waals surface area contributed by atoms with Crippen molar-refractivity contribution in [1.29, 1.82) is 0 Å². The highest BCUT2D eigenvalue weighted by Crippen LogP contribution is 2.21. The number of amides is 1. The molecule has 1 aromatic heterocycles. The molecule has 1 atom stereocenters. The number of rotatable bonds is 13. The Hall–Kier alpha value is -3.72. The zero-order chi connectivity index (χ0) is 25.0. The monoisotopic (exact) mass is 502 g/mol. The van der Waals surface area contributed by atoms with Gasteiger partial charge in [0.05, 0.1) is 12.1 Å². The molecule has 0 radical (unpaired) electrons. The van der Waals surface area contributed by atoms with Gasteiger partial charge in [0, 0.05) is 23.3 Å². The first-order chi connectivity index (χ1) is 17.6. The highest BCUT2D eigenvalue weighted by Gasteiger charge is 2.09. The second kappa shape index (κ2) is 13.4. The van der Waals surface area contributed by atoms with E-state index in [-0.39, 0.29) is 18.9 Å². The summed E-state index contributed by atoms with van der Waals surface area (Å²) in [5.74, 6) is 0.646. The van der Waals surface area contributed by atoms with E-state index < -0.39 is 6.10 Å². The van der Waals surface area contributed by atoms with E-state index in [2.05, 4.69) is 20.9 Å². The number of nitrogens with one attached hydrogen (secondary N) is 3. The molecule has 0 saturated carbocycles. The zero-order valence-corrected chi connectivity index (χ0v) is 20.7. The van der Waals surface area contributed by atoms with Crippen LogP contribution in [0.5, 0.6) is 5.75 Å². The fourth-order valence-electron chi connectivity index (χ4n) is 3.48. The number of aliphatic hydroxyl groups excluding tert-OH is 1. The Labute approximate surface area is 215 Å². The molecular weight excluding hydrogens is 472 g/mol.